The van der Waals surface area contributed by atoms with Crippen LogP contribution >= 0.6 is 0 Å². The second kappa shape index (κ2) is 4.84. The van der Waals surface area contributed by atoms with E-state index in [1.807, 2.05) is 20.8 Å². The number of carbonyl (C=O) groups is 1. The van der Waals surface area contributed by atoms with Gasteiger partial charge in [0.15, 0.2) is 0 Å². The van der Waals surface area contributed by atoms with Gasteiger partial charge in [0, 0.05) is 6.54 Å². The first kappa shape index (κ1) is 12.3. The minimum atomic E-state index is -0.678. The monoisotopic (exact) mass is 215 g/mol. The highest BCUT2D eigenvalue weighted by atomic mass is 16.6. The molecule has 0 unspecified atom stereocenters. The van der Waals surface area contributed by atoms with Gasteiger partial charge in [-0.25, -0.2) is 4.79 Å². The van der Waals surface area contributed by atoms with Crippen molar-refractivity contribution in [3.05, 3.63) is 0 Å². The maximum Gasteiger partial charge on any atom is 0.412 e. The van der Waals surface area contributed by atoms with Gasteiger partial charge < -0.3 is 9.84 Å². The molecule has 4 nitrogen and oxygen atoms in total. The SMILES string of the molecule is CC(C)(C)OC(=O)N1CCCCC[C@@H]1O. The number of aliphatic hydroxyl groups excluding tert-OH is 1. The lowest BCUT2D eigenvalue weighted by atomic mass is 10.2. The molecule has 0 radical (unpaired) electrons. The van der Waals surface area contributed by atoms with E-state index in [9.17, 15) is 9.90 Å². The standard InChI is InChI=1S/C11H21NO3/c1-11(2,3)15-10(14)12-8-6-4-5-7-9(12)13/h9,13H,4-8H2,1-3H3/t9-/m0/s1. The van der Waals surface area contributed by atoms with Crippen LogP contribution in [0.3, 0.4) is 0 Å². The van der Waals surface area contributed by atoms with E-state index in [-0.39, 0.29) is 0 Å². The van der Waals surface area contributed by atoms with Crippen LogP contribution in [0.2, 0.25) is 0 Å². The molecule has 4 heteroatoms. The molecule has 1 amide bonds. The fourth-order valence-corrected chi connectivity index (χ4v) is 1.62. The third-order valence-corrected chi connectivity index (χ3v) is 2.35. The Labute approximate surface area is 91.2 Å². The molecule has 1 rings (SSSR count). The third-order valence-electron chi connectivity index (χ3n) is 2.35. The number of aliphatic hydroxyl groups is 1. The summed E-state index contributed by atoms with van der Waals surface area (Å²) in [5, 5.41) is 9.74. The Morgan fingerprint density at radius 3 is 2.60 bits per heavy atom. The van der Waals surface area contributed by atoms with Crippen molar-refractivity contribution in [3.63, 3.8) is 0 Å². The van der Waals surface area contributed by atoms with Crippen molar-refractivity contribution in [3.8, 4) is 0 Å². The fraction of sp³-hybridized carbons (Fsp3) is 0.909. The highest BCUT2D eigenvalue weighted by molar-refractivity contribution is 5.68. The number of hydrogen-bond donors (Lipinski definition) is 1. The molecule has 0 spiro atoms. The summed E-state index contributed by atoms with van der Waals surface area (Å²) in [6.07, 6.45) is 2.55. The van der Waals surface area contributed by atoms with Crippen molar-refractivity contribution in [2.75, 3.05) is 6.54 Å². The quantitative estimate of drug-likeness (QED) is 0.673. The molecule has 0 aromatic heterocycles. The average molecular weight is 215 g/mol. The molecule has 0 aromatic carbocycles. The summed E-state index contributed by atoms with van der Waals surface area (Å²) in [5.74, 6) is 0. The van der Waals surface area contributed by atoms with Crippen LogP contribution < -0.4 is 0 Å². The number of carbonyl (C=O) groups excluding carboxylic acids is 1. The van der Waals surface area contributed by atoms with E-state index in [1.54, 1.807) is 0 Å². The van der Waals surface area contributed by atoms with Gasteiger partial charge in [-0.1, -0.05) is 6.42 Å². The topological polar surface area (TPSA) is 49.8 Å². The van der Waals surface area contributed by atoms with Gasteiger partial charge in [0.1, 0.15) is 11.8 Å². The van der Waals surface area contributed by atoms with Gasteiger partial charge in [-0.05, 0) is 40.0 Å². The average Bonchev–Trinajstić information content (AvgIpc) is 2.26. The summed E-state index contributed by atoms with van der Waals surface area (Å²) < 4.78 is 5.23. The Morgan fingerprint density at radius 1 is 1.33 bits per heavy atom. The highest BCUT2D eigenvalue weighted by Gasteiger charge is 2.27. The van der Waals surface area contributed by atoms with E-state index in [4.69, 9.17) is 4.74 Å². The normalized spacial score (nSPS) is 23.5. The number of amides is 1. The minimum absolute atomic E-state index is 0.406. The molecule has 1 N–H and O–H groups in total. The number of nitrogens with zero attached hydrogens (tertiary/aromatic N) is 1. The molecule has 1 heterocycles. The van der Waals surface area contributed by atoms with Crippen LogP contribution in [0, 0.1) is 0 Å². The third kappa shape index (κ3) is 4.08. The van der Waals surface area contributed by atoms with Crippen LogP contribution in [0.4, 0.5) is 4.79 Å². The Bertz CT molecular complexity index is 222. The van der Waals surface area contributed by atoms with Crippen LogP contribution in [-0.4, -0.2) is 34.5 Å². The first-order valence-electron chi connectivity index (χ1n) is 5.58. The smallest absolute Gasteiger partial charge is 0.412 e. The molecule has 1 aliphatic rings. The lowest BCUT2D eigenvalue weighted by Crippen LogP contribution is -2.43. The second-order valence-electron chi connectivity index (χ2n) is 5.00. The first-order valence-corrected chi connectivity index (χ1v) is 5.58. The van der Waals surface area contributed by atoms with Gasteiger partial charge in [0.05, 0.1) is 0 Å². The minimum Gasteiger partial charge on any atom is -0.444 e. The van der Waals surface area contributed by atoms with E-state index in [0.29, 0.717) is 13.0 Å². The molecule has 0 saturated carbocycles. The van der Waals surface area contributed by atoms with Crippen LogP contribution in [-0.2, 0) is 4.74 Å². The first-order chi connectivity index (χ1) is 6.90. The molecule has 1 fully saturated rings. The van der Waals surface area contributed by atoms with Crippen LogP contribution in [0.15, 0.2) is 0 Å². The Kier molecular flexibility index (Phi) is 3.97. The number of hydrogen-bond acceptors (Lipinski definition) is 3. The zero-order chi connectivity index (χ0) is 11.5. The molecule has 0 aliphatic carbocycles. The van der Waals surface area contributed by atoms with E-state index < -0.39 is 17.9 Å². The summed E-state index contributed by atoms with van der Waals surface area (Å²) in [7, 11) is 0. The van der Waals surface area contributed by atoms with Crippen molar-refractivity contribution in [2.24, 2.45) is 0 Å². The van der Waals surface area contributed by atoms with Gasteiger partial charge in [-0.2, -0.15) is 0 Å². The highest BCUT2D eigenvalue weighted by Crippen LogP contribution is 2.18. The van der Waals surface area contributed by atoms with Crippen molar-refractivity contribution in [2.45, 2.75) is 58.3 Å². The maximum atomic E-state index is 11.7. The lowest BCUT2D eigenvalue weighted by Gasteiger charge is -2.29. The zero-order valence-electron chi connectivity index (χ0n) is 9.82. The van der Waals surface area contributed by atoms with E-state index in [1.165, 1.54) is 4.90 Å². The van der Waals surface area contributed by atoms with Crippen molar-refractivity contribution >= 4 is 6.09 Å². The molecule has 1 saturated heterocycles. The Morgan fingerprint density at radius 2 is 2.00 bits per heavy atom. The Hall–Kier alpha value is -0.770. The molecule has 1 aliphatic heterocycles. The summed E-state index contributed by atoms with van der Waals surface area (Å²) in [6.45, 7) is 6.08. The van der Waals surface area contributed by atoms with E-state index in [0.717, 1.165) is 19.3 Å². The van der Waals surface area contributed by atoms with Crippen LogP contribution in [0.5, 0.6) is 0 Å². The molecule has 1 atom stereocenters. The predicted molar refractivity (Wildman–Crippen MR) is 57.4 cm³/mol. The summed E-state index contributed by atoms with van der Waals surface area (Å²) in [4.78, 5) is 13.1. The van der Waals surface area contributed by atoms with Gasteiger partial charge in [0.2, 0.25) is 0 Å². The second-order valence-corrected chi connectivity index (χ2v) is 5.00. The maximum absolute atomic E-state index is 11.7. The zero-order valence-corrected chi connectivity index (χ0v) is 9.82. The van der Waals surface area contributed by atoms with Gasteiger partial charge in [-0.3, -0.25) is 4.90 Å². The summed E-state index contributed by atoms with van der Waals surface area (Å²) in [5.41, 5.74) is -0.497. The largest absolute Gasteiger partial charge is 0.444 e. The number of ether oxygens (including phenoxy) is 1. The number of likely N-dealkylation sites (tertiary alicyclic amines) is 1. The van der Waals surface area contributed by atoms with Crippen molar-refractivity contribution < 1.29 is 14.6 Å². The van der Waals surface area contributed by atoms with Crippen molar-refractivity contribution in [1.82, 2.24) is 4.90 Å². The molecule has 15 heavy (non-hydrogen) atoms. The Balaban J connectivity index is 2.56. The van der Waals surface area contributed by atoms with Gasteiger partial charge in [-0.15, -0.1) is 0 Å². The summed E-state index contributed by atoms with van der Waals surface area (Å²) >= 11 is 0. The lowest BCUT2D eigenvalue weighted by molar-refractivity contribution is -0.0292. The van der Waals surface area contributed by atoms with Crippen molar-refractivity contribution in [1.29, 1.82) is 0 Å². The van der Waals surface area contributed by atoms with Crippen LogP contribution in [0.1, 0.15) is 46.5 Å². The molecule has 88 valence electrons. The van der Waals surface area contributed by atoms with E-state index >= 15 is 0 Å². The molecule has 0 aromatic rings. The molecular formula is C11H21NO3. The molecule has 0 bridgehead atoms. The van der Waals surface area contributed by atoms with Gasteiger partial charge in [0.25, 0.3) is 0 Å². The summed E-state index contributed by atoms with van der Waals surface area (Å²) in [6, 6.07) is 0. The molecular weight excluding hydrogens is 194 g/mol. The number of rotatable bonds is 0. The van der Waals surface area contributed by atoms with E-state index in [2.05, 4.69) is 0 Å². The van der Waals surface area contributed by atoms with Gasteiger partial charge >= 0.3 is 6.09 Å². The fourth-order valence-electron chi connectivity index (χ4n) is 1.62. The predicted octanol–water partition coefficient (Wildman–Crippen LogP) is 2.12. The van der Waals surface area contributed by atoms with Crippen LogP contribution in [0.25, 0.3) is 0 Å².